The van der Waals surface area contributed by atoms with Gasteiger partial charge in [0.2, 0.25) is 0 Å². The van der Waals surface area contributed by atoms with E-state index in [0.29, 0.717) is 42.1 Å². The van der Waals surface area contributed by atoms with Gasteiger partial charge in [0.25, 0.3) is 0 Å². The van der Waals surface area contributed by atoms with E-state index in [2.05, 4.69) is 4.84 Å². The lowest BCUT2D eigenvalue weighted by atomic mass is 9.94. The van der Waals surface area contributed by atoms with E-state index in [-0.39, 0.29) is 22.8 Å². The Kier molecular flexibility index (Phi) is 5.95. The number of aldehydes is 2. The molecular formula is C23H21NO5. The van der Waals surface area contributed by atoms with Crippen LogP contribution in [-0.4, -0.2) is 22.8 Å². The molecule has 0 saturated carbocycles. The molecular weight excluding hydrogens is 370 g/mol. The van der Waals surface area contributed by atoms with Gasteiger partial charge in [0, 0.05) is 12.8 Å². The number of carbonyl (C=O) groups is 2. The first-order valence-electron chi connectivity index (χ1n) is 8.98. The second kappa shape index (κ2) is 8.58. The predicted molar refractivity (Wildman–Crippen MR) is 109 cm³/mol. The Morgan fingerprint density at radius 1 is 0.862 bits per heavy atom. The molecule has 0 unspecified atom stereocenters. The molecule has 0 aliphatic carbocycles. The van der Waals surface area contributed by atoms with E-state index < -0.39 is 0 Å². The second-order valence-corrected chi connectivity index (χ2v) is 6.90. The first-order chi connectivity index (χ1) is 13.9. The summed E-state index contributed by atoms with van der Waals surface area (Å²) in [6, 6.07) is 13.6. The first kappa shape index (κ1) is 20.1. The molecule has 148 valence electrons. The number of nitrogens with two attached hydrogens (primary N) is 1. The molecule has 3 aromatic carbocycles. The van der Waals surface area contributed by atoms with Crippen LogP contribution >= 0.6 is 0 Å². The van der Waals surface area contributed by atoms with Gasteiger partial charge in [-0.1, -0.05) is 29.8 Å². The average molecular weight is 391 g/mol. The van der Waals surface area contributed by atoms with Crippen LogP contribution in [0.5, 0.6) is 17.2 Å². The van der Waals surface area contributed by atoms with Crippen LogP contribution in [-0.2, 0) is 12.8 Å². The number of benzene rings is 3. The van der Waals surface area contributed by atoms with Gasteiger partial charge in [0.1, 0.15) is 11.5 Å². The fourth-order valence-corrected chi connectivity index (χ4v) is 3.36. The van der Waals surface area contributed by atoms with E-state index in [0.717, 1.165) is 16.7 Å². The Labute approximate surface area is 168 Å². The van der Waals surface area contributed by atoms with E-state index in [1.54, 1.807) is 30.3 Å². The van der Waals surface area contributed by atoms with Crippen molar-refractivity contribution in [1.82, 2.24) is 0 Å². The van der Waals surface area contributed by atoms with Crippen molar-refractivity contribution < 1.29 is 24.6 Å². The molecule has 3 rings (SSSR count). The van der Waals surface area contributed by atoms with Crippen molar-refractivity contribution in [3.8, 4) is 17.2 Å². The Hall–Kier alpha value is -3.64. The van der Waals surface area contributed by atoms with Gasteiger partial charge in [-0.2, -0.15) is 5.90 Å². The Morgan fingerprint density at radius 2 is 1.41 bits per heavy atom. The van der Waals surface area contributed by atoms with Crippen molar-refractivity contribution in [2.45, 2.75) is 19.8 Å². The molecule has 3 aromatic rings. The molecule has 0 saturated heterocycles. The highest BCUT2D eigenvalue weighted by Crippen LogP contribution is 2.30. The average Bonchev–Trinajstić information content (AvgIpc) is 2.72. The molecule has 0 aliphatic rings. The molecule has 0 aromatic heterocycles. The largest absolute Gasteiger partial charge is 0.507 e. The first-order valence-corrected chi connectivity index (χ1v) is 8.98. The third-order valence-electron chi connectivity index (χ3n) is 4.75. The van der Waals surface area contributed by atoms with E-state index in [4.69, 9.17) is 5.90 Å². The number of aromatic hydroxyl groups is 2. The normalized spacial score (nSPS) is 10.6. The molecule has 0 heterocycles. The number of carbonyl (C=O) groups excluding carboxylic acids is 2. The summed E-state index contributed by atoms with van der Waals surface area (Å²) in [5.41, 5.74) is 4.56. The topological polar surface area (TPSA) is 110 Å². The fourth-order valence-electron chi connectivity index (χ4n) is 3.36. The summed E-state index contributed by atoms with van der Waals surface area (Å²) >= 11 is 0. The molecule has 29 heavy (non-hydrogen) atoms. The fraction of sp³-hybridized carbons (Fsp3) is 0.130. The van der Waals surface area contributed by atoms with Gasteiger partial charge >= 0.3 is 0 Å². The lowest BCUT2D eigenvalue weighted by Crippen LogP contribution is -2.05. The third-order valence-corrected chi connectivity index (χ3v) is 4.75. The van der Waals surface area contributed by atoms with Crippen LogP contribution in [0.15, 0.2) is 48.5 Å². The van der Waals surface area contributed by atoms with Crippen LogP contribution in [0.4, 0.5) is 0 Å². The van der Waals surface area contributed by atoms with Gasteiger partial charge in [0.05, 0.1) is 11.1 Å². The summed E-state index contributed by atoms with van der Waals surface area (Å²) < 4.78 is 0. The van der Waals surface area contributed by atoms with Gasteiger partial charge in [-0.3, -0.25) is 9.59 Å². The van der Waals surface area contributed by atoms with Gasteiger partial charge < -0.3 is 15.1 Å². The predicted octanol–water partition coefficient (Wildman–Crippen LogP) is 3.47. The number of phenolic OH excluding ortho intramolecular Hbond substituents is 2. The molecule has 0 fully saturated rings. The zero-order chi connectivity index (χ0) is 21.0. The minimum absolute atomic E-state index is 0.0752. The molecule has 0 radical (unpaired) electrons. The summed E-state index contributed by atoms with van der Waals surface area (Å²) in [5, 5.41) is 20.5. The third kappa shape index (κ3) is 4.44. The maximum atomic E-state index is 11.2. The minimum atomic E-state index is -0.0752. The SMILES string of the molecule is Cc1cc(Cc2ccc(O)c(C=O)c2)c(O)c(Cc2ccc(ON)c(C=O)c2)c1. The van der Waals surface area contributed by atoms with Crippen LogP contribution in [0.1, 0.15) is 48.5 Å². The minimum Gasteiger partial charge on any atom is -0.507 e. The molecule has 0 aliphatic heterocycles. The van der Waals surface area contributed by atoms with Crippen LogP contribution in [0.3, 0.4) is 0 Å². The van der Waals surface area contributed by atoms with Crippen molar-refractivity contribution in [2.24, 2.45) is 5.90 Å². The second-order valence-electron chi connectivity index (χ2n) is 6.90. The summed E-state index contributed by atoms with van der Waals surface area (Å²) in [4.78, 5) is 26.9. The highest BCUT2D eigenvalue weighted by atomic mass is 16.6. The number of aryl methyl sites for hydroxylation is 1. The molecule has 0 bridgehead atoms. The smallest absolute Gasteiger partial charge is 0.157 e. The van der Waals surface area contributed by atoms with Crippen LogP contribution in [0, 0.1) is 6.92 Å². The number of hydrogen-bond acceptors (Lipinski definition) is 6. The van der Waals surface area contributed by atoms with Crippen molar-refractivity contribution in [2.75, 3.05) is 0 Å². The van der Waals surface area contributed by atoms with Crippen molar-refractivity contribution in [3.05, 3.63) is 87.5 Å². The van der Waals surface area contributed by atoms with Gasteiger partial charge in [-0.15, -0.1) is 0 Å². The lowest BCUT2D eigenvalue weighted by molar-refractivity contribution is 0.111. The Morgan fingerprint density at radius 3 is 1.97 bits per heavy atom. The Balaban J connectivity index is 1.93. The molecule has 0 spiro atoms. The number of hydrogen-bond donors (Lipinski definition) is 3. The maximum absolute atomic E-state index is 11.2. The van der Waals surface area contributed by atoms with Crippen molar-refractivity contribution in [3.63, 3.8) is 0 Å². The molecule has 6 nitrogen and oxygen atoms in total. The summed E-state index contributed by atoms with van der Waals surface area (Å²) in [5.74, 6) is 5.53. The highest BCUT2D eigenvalue weighted by molar-refractivity contribution is 5.80. The quantitative estimate of drug-likeness (QED) is 0.420. The summed E-state index contributed by atoms with van der Waals surface area (Å²) in [6.07, 6.45) is 2.09. The zero-order valence-corrected chi connectivity index (χ0v) is 15.9. The summed E-state index contributed by atoms with van der Waals surface area (Å²) in [7, 11) is 0. The zero-order valence-electron chi connectivity index (χ0n) is 15.9. The van der Waals surface area contributed by atoms with E-state index in [1.165, 1.54) is 6.07 Å². The van der Waals surface area contributed by atoms with Crippen LogP contribution in [0.25, 0.3) is 0 Å². The molecule has 4 N–H and O–H groups in total. The van der Waals surface area contributed by atoms with Crippen molar-refractivity contribution >= 4 is 12.6 Å². The number of rotatable bonds is 7. The molecule has 6 heteroatoms. The van der Waals surface area contributed by atoms with Gasteiger partial charge in [0.15, 0.2) is 18.3 Å². The maximum Gasteiger partial charge on any atom is 0.157 e. The molecule has 0 amide bonds. The Bertz CT molecular complexity index is 1080. The van der Waals surface area contributed by atoms with Gasteiger partial charge in [-0.05, 0) is 53.4 Å². The van der Waals surface area contributed by atoms with E-state index >= 15 is 0 Å². The lowest BCUT2D eigenvalue weighted by Gasteiger charge is -2.13. The molecule has 0 atom stereocenters. The summed E-state index contributed by atoms with van der Waals surface area (Å²) in [6.45, 7) is 1.93. The van der Waals surface area contributed by atoms with Crippen LogP contribution in [0.2, 0.25) is 0 Å². The van der Waals surface area contributed by atoms with Crippen molar-refractivity contribution in [1.29, 1.82) is 0 Å². The van der Waals surface area contributed by atoms with E-state index in [1.807, 2.05) is 19.1 Å². The monoisotopic (exact) mass is 391 g/mol. The standard InChI is InChI=1S/C23H21NO5/c1-14-6-17(8-15-2-4-21(27)19(10-15)12-25)23(28)18(7-14)9-16-3-5-22(29-24)20(11-16)13-26/h2-7,10-13,27-28H,8-9,24H2,1H3. The van der Waals surface area contributed by atoms with Gasteiger partial charge in [-0.25, -0.2) is 0 Å². The van der Waals surface area contributed by atoms with E-state index in [9.17, 15) is 19.8 Å². The number of phenols is 2. The highest BCUT2D eigenvalue weighted by Gasteiger charge is 2.13. The van der Waals surface area contributed by atoms with Crippen LogP contribution < -0.4 is 10.7 Å².